The summed E-state index contributed by atoms with van der Waals surface area (Å²) in [5, 5.41) is 0. The van der Waals surface area contributed by atoms with Gasteiger partial charge in [-0.1, -0.05) is 11.6 Å². The van der Waals surface area contributed by atoms with Crippen LogP contribution < -0.4 is 5.73 Å². The van der Waals surface area contributed by atoms with Crippen molar-refractivity contribution in [3.63, 3.8) is 0 Å². The molecule has 2 heterocycles. The molecule has 1 aromatic carbocycles. The molecule has 0 unspecified atom stereocenters. The average Bonchev–Trinajstić information content (AvgIpc) is 2.77. The van der Waals surface area contributed by atoms with Gasteiger partial charge in [0.2, 0.25) is 0 Å². The first-order chi connectivity index (χ1) is 9.49. The van der Waals surface area contributed by atoms with Gasteiger partial charge in [0.25, 0.3) is 11.8 Å². The standard InChI is InChI=1S/C14H14N4O2/c1-8-3-4-10-9(5-8)14(20)17(2)6-11-12(13(15)19)16-7-18(10)11/h3-5,7H,6H2,1-2H3,(H2,15,19). The van der Waals surface area contributed by atoms with Crippen molar-refractivity contribution in [1.82, 2.24) is 14.5 Å². The fourth-order valence-electron chi connectivity index (χ4n) is 2.47. The smallest absolute Gasteiger partial charge is 0.269 e. The van der Waals surface area contributed by atoms with E-state index in [9.17, 15) is 9.59 Å². The molecule has 102 valence electrons. The zero-order chi connectivity index (χ0) is 14.4. The minimum Gasteiger partial charge on any atom is -0.364 e. The van der Waals surface area contributed by atoms with Gasteiger partial charge >= 0.3 is 0 Å². The molecule has 0 atom stereocenters. The number of primary amides is 1. The topological polar surface area (TPSA) is 81.2 Å². The molecule has 1 aromatic heterocycles. The van der Waals surface area contributed by atoms with Gasteiger partial charge in [0.15, 0.2) is 5.69 Å². The molecular formula is C14H14N4O2. The molecule has 1 aliphatic rings. The SMILES string of the molecule is Cc1ccc2c(c1)C(=O)N(C)Cc1c(C(N)=O)ncn1-2. The number of imidazole rings is 1. The first-order valence-electron chi connectivity index (χ1n) is 6.21. The number of carbonyl (C=O) groups is 2. The summed E-state index contributed by atoms with van der Waals surface area (Å²) in [7, 11) is 1.70. The number of hydrogen-bond donors (Lipinski definition) is 1. The molecule has 2 amide bonds. The maximum absolute atomic E-state index is 12.4. The van der Waals surface area contributed by atoms with Crippen molar-refractivity contribution in [1.29, 1.82) is 0 Å². The Labute approximate surface area is 115 Å². The lowest BCUT2D eigenvalue weighted by Gasteiger charge is -2.14. The minimum absolute atomic E-state index is 0.0807. The lowest BCUT2D eigenvalue weighted by molar-refractivity contribution is 0.0785. The van der Waals surface area contributed by atoms with Crippen LogP contribution in [-0.2, 0) is 6.54 Å². The second kappa shape index (κ2) is 4.19. The van der Waals surface area contributed by atoms with Gasteiger partial charge in [0.1, 0.15) is 6.33 Å². The van der Waals surface area contributed by atoms with Gasteiger partial charge in [-0.15, -0.1) is 0 Å². The molecule has 2 aromatic rings. The number of nitrogens with zero attached hydrogens (tertiary/aromatic N) is 3. The third kappa shape index (κ3) is 1.69. The molecule has 0 spiro atoms. The van der Waals surface area contributed by atoms with E-state index in [-0.39, 0.29) is 11.6 Å². The highest BCUT2D eigenvalue weighted by Gasteiger charge is 2.27. The third-order valence-electron chi connectivity index (χ3n) is 3.48. The molecular weight excluding hydrogens is 256 g/mol. The van der Waals surface area contributed by atoms with Crippen LogP contribution in [0.25, 0.3) is 5.69 Å². The van der Waals surface area contributed by atoms with Crippen LogP contribution in [0.3, 0.4) is 0 Å². The Morgan fingerprint density at radius 1 is 1.40 bits per heavy atom. The molecule has 3 rings (SSSR count). The Kier molecular flexibility index (Phi) is 2.60. The van der Waals surface area contributed by atoms with Crippen LogP contribution >= 0.6 is 0 Å². The number of fused-ring (bicyclic) bond motifs is 3. The van der Waals surface area contributed by atoms with E-state index in [0.717, 1.165) is 11.3 Å². The Morgan fingerprint density at radius 2 is 2.15 bits per heavy atom. The Morgan fingerprint density at radius 3 is 2.85 bits per heavy atom. The summed E-state index contributed by atoms with van der Waals surface area (Å²) >= 11 is 0. The Hall–Kier alpha value is -2.63. The van der Waals surface area contributed by atoms with Crippen molar-refractivity contribution < 1.29 is 9.59 Å². The van der Waals surface area contributed by atoms with Crippen molar-refractivity contribution in [2.45, 2.75) is 13.5 Å². The molecule has 6 nitrogen and oxygen atoms in total. The maximum Gasteiger partial charge on any atom is 0.269 e. The van der Waals surface area contributed by atoms with E-state index in [4.69, 9.17) is 5.73 Å². The molecule has 6 heteroatoms. The molecule has 2 N–H and O–H groups in total. The van der Waals surface area contributed by atoms with E-state index in [1.807, 2.05) is 25.1 Å². The van der Waals surface area contributed by atoms with Crippen molar-refractivity contribution in [2.24, 2.45) is 5.73 Å². The van der Waals surface area contributed by atoms with Crippen LogP contribution in [-0.4, -0.2) is 33.3 Å². The van der Waals surface area contributed by atoms with E-state index >= 15 is 0 Å². The molecule has 0 saturated carbocycles. The number of aryl methyl sites for hydroxylation is 1. The second-order valence-corrected chi connectivity index (χ2v) is 4.96. The zero-order valence-electron chi connectivity index (χ0n) is 11.3. The van der Waals surface area contributed by atoms with Crippen LogP contribution in [0, 0.1) is 6.92 Å². The van der Waals surface area contributed by atoms with Crippen molar-refractivity contribution in [3.05, 3.63) is 47.0 Å². The van der Waals surface area contributed by atoms with Crippen molar-refractivity contribution in [2.75, 3.05) is 7.05 Å². The molecule has 1 aliphatic heterocycles. The number of carbonyl (C=O) groups excluding carboxylic acids is 2. The van der Waals surface area contributed by atoms with Gasteiger partial charge in [0, 0.05) is 7.05 Å². The number of amides is 2. The summed E-state index contributed by atoms with van der Waals surface area (Å²) in [6.45, 7) is 2.23. The summed E-state index contributed by atoms with van der Waals surface area (Å²) in [5.41, 5.74) is 8.50. The number of hydrogen-bond acceptors (Lipinski definition) is 3. The zero-order valence-corrected chi connectivity index (χ0v) is 11.3. The third-order valence-corrected chi connectivity index (χ3v) is 3.48. The maximum atomic E-state index is 12.4. The van der Waals surface area contributed by atoms with Crippen LogP contribution in [0.15, 0.2) is 24.5 Å². The lowest BCUT2D eigenvalue weighted by atomic mass is 10.1. The average molecular weight is 270 g/mol. The quantitative estimate of drug-likeness (QED) is 0.834. The van der Waals surface area contributed by atoms with Gasteiger partial charge in [-0.05, 0) is 19.1 Å². The molecule has 0 saturated heterocycles. The molecule has 0 bridgehead atoms. The first-order valence-corrected chi connectivity index (χ1v) is 6.21. The highest BCUT2D eigenvalue weighted by molar-refractivity contribution is 5.99. The molecule has 20 heavy (non-hydrogen) atoms. The summed E-state index contributed by atoms with van der Waals surface area (Å²) in [4.78, 5) is 29.5. The fraction of sp³-hybridized carbons (Fsp3) is 0.214. The summed E-state index contributed by atoms with van der Waals surface area (Å²) in [6, 6.07) is 5.62. The van der Waals surface area contributed by atoms with Crippen LogP contribution in [0.4, 0.5) is 0 Å². The van der Waals surface area contributed by atoms with Crippen LogP contribution in [0.2, 0.25) is 0 Å². The number of rotatable bonds is 1. The molecule has 0 radical (unpaired) electrons. The van der Waals surface area contributed by atoms with E-state index in [1.165, 1.54) is 6.33 Å². The van der Waals surface area contributed by atoms with Gasteiger partial charge in [-0.25, -0.2) is 4.98 Å². The highest BCUT2D eigenvalue weighted by atomic mass is 16.2. The number of benzene rings is 1. The van der Waals surface area contributed by atoms with Gasteiger partial charge in [0.05, 0.1) is 23.5 Å². The van der Waals surface area contributed by atoms with Gasteiger partial charge < -0.3 is 10.6 Å². The van der Waals surface area contributed by atoms with Gasteiger partial charge in [-0.3, -0.25) is 14.2 Å². The Bertz CT molecular complexity index is 733. The monoisotopic (exact) mass is 270 g/mol. The summed E-state index contributed by atoms with van der Waals surface area (Å²) in [6.07, 6.45) is 1.54. The first kappa shape index (κ1) is 12.4. The molecule has 0 aliphatic carbocycles. The van der Waals surface area contributed by atoms with Crippen LogP contribution in [0.1, 0.15) is 32.1 Å². The molecule has 0 fully saturated rings. The van der Waals surface area contributed by atoms with Crippen molar-refractivity contribution >= 4 is 11.8 Å². The minimum atomic E-state index is -0.588. The van der Waals surface area contributed by atoms with E-state index in [1.54, 1.807) is 16.5 Å². The number of aromatic nitrogens is 2. The van der Waals surface area contributed by atoms with E-state index in [2.05, 4.69) is 4.98 Å². The normalized spacial score (nSPS) is 13.7. The summed E-state index contributed by atoms with van der Waals surface area (Å²) < 4.78 is 1.76. The second-order valence-electron chi connectivity index (χ2n) is 4.96. The van der Waals surface area contributed by atoms with Crippen LogP contribution in [0.5, 0.6) is 0 Å². The van der Waals surface area contributed by atoms with E-state index < -0.39 is 5.91 Å². The fourth-order valence-corrected chi connectivity index (χ4v) is 2.47. The number of nitrogens with two attached hydrogens (primary N) is 1. The van der Waals surface area contributed by atoms with E-state index in [0.29, 0.717) is 17.8 Å². The van der Waals surface area contributed by atoms with Crippen molar-refractivity contribution in [3.8, 4) is 5.69 Å². The van der Waals surface area contributed by atoms with Gasteiger partial charge in [-0.2, -0.15) is 0 Å². The Balaban J connectivity index is 2.31. The predicted molar refractivity (Wildman–Crippen MR) is 72.6 cm³/mol. The predicted octanol–water partition coefficient (Wildman–Crippen LogP) is 0.865. The highest BCUT2D eigenvalue weighted by Crippen LogP contribution is 2.26. The summed E-state index contributed by atoms with van der Waals surface area (Å²) in [5.74, 6) is -0.669. The lowest BCUT2D eigenvalue weighted by Crippen LogP contribution is -2.26. The largest absolute Gasteiger partial charge is 0.364 e.